The molecule has 14 heavy (non-hydrogen) atoms. The molecule has 1 saturated carbocycles. The van der Waals surface area contributed by atoms with E-state index in [0.29, 0.717) is 5.92 Å². The number of aromatic nitrogens is 3. The van der Waals surface area contributed by atoms with Crippen LogP contribution < -0.4 is 5.32 Å². The van der Waals surface area contributed by atoms with Gasteiger partial charge in [0.25, 0.3) is 0 Å². The van der Waals surface area contributed by atoms with E-state index in [2.05, 4.69) is 21.5 Å². The van der Waals surface area contributed by atoms with E-state index < -0.39 is 0 Å². The molecule has 2 aromatic heterocycles. The Morgan fingerprint density at radius 3 is 3.00 bits per heavy atom. The second-order valence-electron chi connectivity index (χ2n) is 3.73. The number of nitrogens with zero attached hydrogens (tertiary/aromatic N) is 3. The third-order valence-corrected chi connectivity index (χ3v) is 2.61. The van der Waals surface area contributed by atoms with E-state index >= 15 is 0 Å². The fourth-order valence-electron chi connectivity index (χ4n) is 1.62. The van der Waals surface area contributed by atoms with Crippen molar-refractivity contribution in [3.8, 4) is 0 Å². The minimum absolute atomic E-state index is 0.702. The van der Waals surface area contributed by atoms with Crippen molar-refractivity contribution in [1.29, 1.82) is 0 Å². The Balaban J connectivity index is 2.12. The van der Waals surface area contributed by atoms with Crippen LogP contribution in [0, 0.1) is 0 Å². The third-order valence-electron chi connectivity index (χ3n) is 2.61. The van der Waals surface area contributed by atoms with Crippen LogP contribution in [0.3, 0.4) is 0 Å². The standard InChI is InChI=1S/C10H12N4/c1-11-9-6-14-5-8(7-2-3-7)13-10(14)4-12-9/h4-7,11H,2-3H2,1H3. The van der Waals surface area contributed by atoms with Crippen LogP contribution in [0.1, 0.15) is 24.5 Å². The van der Waals surface area contributed by atoms with Crippen LogP contribution in [0.5, 0.6) is 0 Å². The summed E-state index contributed by atoms with van der Waals surface area (Å²) in [5, 5.41) is 3.01. The maximum absolute atomic E-state index is 4.52. The molecule has 0 radical (unpaired) electrons. The summed E-state index contributed by atoms with van der Waals surface area (Å²) in [4.78, 5) is 8.75. The first kappa shape index (κ1) is 7.79. The van der Waals surface area contributed by atoms with Crippen LogP contribution >= 0.6 is 0 Å². The maximum Gasteiger partial charge on any atom is 0.155 e. The Kier molecular flexibility index (Phi) is 1.50. The molecule has 1 fully saturated rings. The van der Waals surface area contributed by atoms with Crippen LogP contribution in [0.4, 0.5) is 5.82 Å². The smallest absolute Gasteiger partial charge is 0.155 e. The normalized spacial score (nSPS) is 16.1. The number of rotatable bonds is 2. The van der Waals surface area contributed by atoms with E-state index in [1.54, 1.807) is 6.20 Å². The number of hydrogen-bond donors (Lipinski definition) is 1. The molecule has 1 aliphatic carbocycles. The summed E-state index contributed by atoms with van der Waals surface area (Å²) in [6, 6.07) is 0. The van der Waals surface area contributed by atoms with Crippen LogP contribution in [0.15, 0.2) is 18.6 Å². The van der Waals surface area contributed by atoms with Gasteiger partial charge in [-0.2, -0.15) is 0 Å². The summed E-state index contributed by atoms with van der Waals surface area (Å²) >= 11 is 0. The number of fused-ring (bicyclic) bond motifs is 1. The monoisotopic (exact) mass is 188 g/mol. The zero-order valence-corrected chi connectivity index (χ0v) is 8.07. The lowest BCUT2D eigenvalue weighted by Gasteiger charge is -1.97. The number of anilines is 1. The summed E-state index contributed by atoms with van der Waals surface area (Å²) < 4.78 is 2.03. The first-order valence-corrected chi connectivity index (χ1v) is 4.89. The number of imidazole rings is 1. The van der Waals surface area contributed by atoms with E-state index in [4.69, 9.17) is 0 Å². The largest absolute Gasteiger partial charge is 0.372 e. The molecule has 3 rings (SSSR count). The lowest BCUT2D eigenvalue weighted by atomic mass is 10.3. The molecule has 0 bridgehead atoms. The molecule has 72 valence electrons. The van der Waals surface area contributed by atoms with E-state index in [9.17, 15) is 0 Å². The molecular weight excluding hydrogens is 176 g/mol. The van der Waals surface area contributed by atoms with Gasteiger partial charge in [0.05, 0.1) is 18.1 Å². The minimum atomic E-state index is 0.702. The van der Waals surface area contributed by atoms with Crippen molar-refractivity contribution in [2.45, 2.75) is 18.8 Å². The van der Waals surface area contributed by atoms with Crippen LogP contribution in [-0.4, -0.2) is 21.4 Å². The van der Waals surface area contributed by atoms with Crippen LogP contribution in [-0.2, 0) is 0 Å². The molecule has 0 aromatic carbocycles. The van der Waals surface area contributed by atoms with Gasteiger partial charge in [-0.1, -0.05) is 0 Å². The van der Waals surface area contributed by atoms with E-state index in [-0.39, 0.29) is 0 Å². The van der Waals surface area contributed by atoms with Crippen molar-refractivity contribution in [1.82, 2.24) is 14.4 Å². The van der Waals surface area contributed by atoms with Gasteiger partial charge in [-0.15, -0.1) is 0 Å². The highest BCUT2D eigenvalue weighted by Gasteiger charge is 2.26. The molecule has 0 atom stereocenters. The molecule has 2 heterocycles. The van der Waals surface area contributed by atoms with E-state index in [1.807, 2.05) is 17.6 Å². The second kappa shape index (κ2) is 2.70. The molecule has 0 unspecified atom stereocenters. The molecule has 2 aromatic rings. The molecular formula is C10H12N4. The second-order valence-corrected chi connectivity index (χ2v) is 3.73. The predicted octanol–water partition coefficient (Wildman–Crippen LogP) is 1.65. The van der Waals surface area contributed by atoms with Crippen LogP contribution in [0.25, 0.3) is 5.65 Å². The van der Waals surface area contributed by atoms with Crippen LogP contribution in [0.2, 0.25) is 0 Å². The van der Waals surface area contributed by atoms with Gasteiger partial charge in [0.2, 0.25) is 0 Å². The summed E-state index contributed by atoms with van der Waals surface area (Å²) in [6.45, 7) is 0. The fourth-order valence-corrected chi connectivity index (χ4v) is 1.62. The summed E-state index contributed by atoms with van der Waals surface area (Å²) in [5.74, 6) is 1.57. The Morgan fingerprint density at radius 2 is 2.29 bits per heavy atom. The summed E-state index contributed by atoms with van der Waals surface area (Å²) in [5.41, 5.74) is 2.14. The molecule has 4 nitrogen and oxygen atoms in total. The lowest BCUT2D eigenvalue weighted by molar-refractivity contribution is 1.06. The summed E-state index contributed by atoms with van der Waals surface area (Å²) in [7, 11) is 1.87. The SMILES string of the molecule is CNc1cn2cc(C3CC3)nc2cn1. The maximum atomic E-state index is 4.52. The van der Waals surface area contributed by atoms with Crippen molar-refractivity contribution in [2.75, 3.05) is 12.4 Å². The molecule has 1 aliphatic rings. The zero-order valence-electron chi connectivity index (χ0n) is 8.07. The lowest BCUT2D eigenvalue weighted by Crippen LogP contribution is -1.94. The Hall–Kier alpha value is -1.58. The van der Waals surface area contributed by atoms with E-state index in [1.165, 1.54) is 18.5 Å². The van der Waals surface area contributed by atoms with Crippen molar-refractivity contribution in [3.05, 3.63) is 24.3 Å². The van der Waals surface area contributed by atoms with E-state index in [0.717, 1.165) is 11.5 Å². The Morgan fingerprint density at radius 1 is 1.43 bits per heavy atom. The number of nitrogens with one attached hydrogen (secondary N) is 1. The van der Waals surface area contributed by atoms with Gasteiger partial charge in [-0.25, -0.2) is 9.97 Å². The zero-order chi connectivity index (χ0) is 9.54. The molecule has 0 amide bonds. The van der Waals surface area contributed by atoms with Gasteiger partial charge in [0, 0.05) is 19.2 Å². The molecule has 0 saturated heterocycles. The highest BCUT2D eigenvalue weighted by molar-refractivity contribution is 5.44. The van der Waals surface area contributed by atoms with Gasteiger partial charge in [0.15, 0.2) is 5.65 Å². The Bertz CT molecular complexity index is 470. The first-order chi connectivity index (χ1) is 6.86. The highest BCUT2D eigenvalue weighted by atomic mass is 15.1. The van der Waals surface area contributed by atoms with Crippen molar-refractivity contribution >= 4 is 11.5 Å². The third kappa shape index (κ3) is 1.14. The van der Waals surface area contributed by atoms with Crippen molar-refractivity contribution in [2.24, 2.45) is 0 Å². The molecule has 0 aliphatic heterocycles. The number of hydrogen-bond acceptors (Lipinski definition) is 3. The topological polar surface area (TPSA) is 42.2 Å². The molecule has 0 spiro atoms. The predicted molar refractivity (Wildman–Crippen MR) is 54.5 cm³/mol. The Labute approximate surface area is 82.0 Å². The molecule has 4 heteroatoms. The minimum Gasteiger partial charge on any atom is -0.372 e. The van der Waals surface area contributed by atoms with Gasteiger partial charge in [-0.05, 0) is 12.8 Å². The average Bonchev–Trinajstić information content (AvgIpc) is 2.97. The average molecular weight is 188 g/mol. The molecule has 1 N–H and O–H groups in total. The quantitative estimate of drug-likeness (QED) is 0.779. The van der Waals surface area contributed by atoms with Gasteiger partial charge < -0.3 is 9.72 Å². The highest BCUT2D eigenvalue weighted by Crippen LogP contribution is 2.39. The fraction of sp³-hybridized carbons (Fsp3) is 0.400. The van der Waals surface area contributed by atoms with Gasteiger partial charge >= 0.3 is 0 Å². The van der Waals surface area contributed by atoms with Crippen molar-refractivity contribution in [3.63, 3.8) is 0 Å². The summed E-state index contributed by atoms with van der Waals surface area (Å²) in [6.07, 6.45) is 8.45. The first-order valence-electron chi connectivity index (χ1n) is 4.89. The van der Waals surface area contributed by atoms with Crippen molar-refractivity contribution < 1.29 is 0 Å². The van der Waals surface area contributed by atoms with Gasteiger partial charge in [0.1, 0.15) is 5.82 Å². The van der Waals surface area contributed by atoms with Gasteiger partial charge in [-0.3, -0.25) is 0 Å².